The van der Waals surface area contributed by atoms with Crippen LogP contribution in [-0.2, 0) is 14.6 Å². The molecule has 0 fully saturated rings. The summed E-state index contributed by atoms with van der Waals surface area (Å²) in [5.41, 5.74) is 0.335. The third-order valence-corrected chi connectivity index (χ3v) is 3.14. The maximum absolute atomic E-state index is 10.6. The maximum atomic E-state index is 10.6. The van der Waals surface area contributed by atoms with Crippen molar-refractivity contribution in [3.05, 3.63) is 59.7 Å². The summed E-state index contributed by atoms with van der Waals surface area (Å²) in [7, 11) is -3.29. The highest BCUT2D eigenvalue weighted by molar-refractivity contribution is 7.80. The standard InChI is InChI=1S/C9H8O4.C5H6N2.CH4O4S/c1-5-6(8(10)11)3-2-4-7(5)9(12)13;1-2-5-6-3-4-7-5;1-5-6(2,3)4/h2-4H,1H3,(H,10,11)(H,12,13);2-4H,1H2,(H,6,7);1H3,(H,2,3,4). The molecular formula is C15H18N2O8S. The first-order valence-corrected chi connectivity index (χ1v) is 8.11. The zero-order chi connectivity index (χ0) is 20.3. The molecule has 10 nitrogen and oxygen atoms in total. The fourth-order valence-corrected chi connectivity index (χ4v) is 1.49. The van der Waals surface area contributed by atoms with Crippen LogP contribution in [0.25, 0.3) is 6.08 Å². The molecule has 0 aliphatic carbocycles. The van der Waals surface area contributed by atoms with Gasteiger partial charge in [-0.3, -0.25) is 8.74 Å². The van der Waals surface area contributed by atoms with E-state index in [1.54, 1.807) is 18.5 Å². The van der Waals surface area contributed by atoms with Gasteiger partial charge in [-0.1, -0.05) is 12.6 Å². The Hall–Kier alpha value is -3.02. The maximum Gasteiger partial charge on any atom is 0.397 e. The third kappa shape index (κ3) is 8.73. The Kier molecular flexibility index (Phi) is 9.51. The van der Waals surface area contributed by atoms with Crippen molar-refractivity contribution < 1.29 is 37.0 Å². The summed E-state index contributed by atoms with van der Waals surface area (Å²) in [5.74, 6) is -1.40. The Morgan fingerprint density at radius 3 is 1.92 bits per heavy atom. The van der Waals surface area contributed by atoms with Gasteiger partial charge < -0.3 is 15.2 Å². The van der Waals surface area contributed by atoms with Crippen LogP contribution in [0.15, 0.2) is 37.2 Å². The molecule has 142 valence electrons. The first kappa shape index (κ1) is 23.0. The van der Waals surface area contributed by atoms with Crippen molar-refractivity contribution in [2.75, 3.05) is 7.11 Å². The fourth-order valence-electron chi connectivity index (χ4n) is 1.49. The number of hydrogen-bond acceptors (Lipinski definition) is 6. The number of aromatic nitrogens is 2. The van der Waals surface area contributed by atoms with Crippen molar-refractivity contribution in [3.8, 4) is 0 Å². The van der Waals surface area contributed by atoms with E-state index in [4.69, 9.17) is 14.8 Å². The van der Waals surface area contributed by atoms with E-state index < -0.39 is 22.3 Å². The smallest absolute Gasteiger partial charge is 0.397 e. The van der Waals surface area contributed by atoms with Crippen molar-refractivity contribution in [3.63, 3.8) is 0 Å². The molecule has 0 unspecified atom stereocenters. The number of nitrogens with zero attached hydrogens (tertiary/aromatic N) is 1. The molecule has 0 saturated carbocycles. The van der Waals surface area contributed by atoms with Crippen molar-refractivity contribution >= 4 is 28.4 Å². The van der Waals surface area contributed by atoms with Crippen LogP contribution in [0.1, 0.15) is 32.1 Å². The van der Waals surface area contributed by atoms with Gasteiger partial charge in [-0.2, -0.15) is 8.42 Å². The van der Waals surface area contributed by atoms with E-state index in [1.807, 2.05) is 0 Å². The summed E-state index contributed by atoms with van der Waals surface area (Å²) in [6.07, 6.45) is 5.12. The minimum atomic E-state index is -4.16. The number of aromatic carboxylic acids is 2. The Labute approximate surface area is 149 Å². The number of carboxylic acid groups (broad SMARTS) is 2. The molecule has 2 aromatic rings. The van der Waals surface area contributed by atoms with E-state index in [2.05, 4.69) is 20.7 Å². The van der Waals surface area contributed by atoms with Crippen LogP contribution >= 0.6 is 0 Å². The van der Waals surface area contributed by atoms with Crippen LogP contribution in [0.5, 0.6) is 0 Å². The average Bonchev–Trinajstić information content (AvgIpc) is 3.08. The molecular weight excluding hydrogens is 368 g/mol. The zero-order valence-electron chi connectivity index (χ0n) is 13.9. The van der Waals surface area contributed by atoms with Gasteiger partial charge in [-0.25, -0.2) is 14.6 Å². The number of carboxylic acids is 2. The van der Waals surface area contributed by atoms with E-state index >= 15 is 0 Å². The summed E-state index contributed by atoms with van der Waals surface area (Å²) in [4.78, 5) is 27.9. The van der Waals surface area contributed by atoms with Gasteiger partial charge in [-0.05, 0) is 30.7 Å². The second-order valence-corrected chi connectivity index (χ2v) is 5.55. The highest BCUT2D eigenvalue weighted by Crippen LogP contribution is 2.13. The van der Waals surface area contributed by atoms with Gasteiger partial charge in [-0.15, -0.1) is 0 Å². The van der Waals surface area contributed by atoms with Gasteiger partial charge >= 0.3 is 22.3 Å². The number of carbonyl (C=O) groups is 2. The van der Waals surface area contributed by atoms with Gasteiger partial charge in [0.1, 0.15) is 5.82 Å². The van der Waals surface area contributed by atoms with Gasteiger partial charge in [0.05, 0.1) is 18.2 Å². The minimum Gasteiger partial charge on any atom is -0.478 e. The second kappa shape index (κ2) is 10.8. The van der Waals surface area contributed by atoms with E-state index in [-0.39, 0.29) is 16.7 Å². The highest BCUT2D eigenvalue weighted by Gasteiger charge is 2.13. The first-order chi connectivity index (χ1) is 12.0. The molecule has 0 amide bonds. The Bertz CT molecular complexity index is 812. The van der Waals surface area contributed by atoms with E-state index in [0.29, 0.717) is 0 Å². The van der Waals surface area contributed by atoms with Crippen LogP contribution in [-0.4, -0.2) is 52.2 Å². The topological polar surface area (TPSA) is 167 Å². The van der Waals surface area contributed by atoms with Crippen LogP contribution in [0.2, 0.25) is 0 Å². The lowest BCUT2D eigenvalue weighted by molar-refractivity contribution is 0.0696. The van der Waals surface area contributed by atoms with Crippen molar-refractivity contribution in [2.45, 2.75) is 6.92 Å². The number of aromatic amines is 1. The molecule has 0 radical (unpaired) electrons. The number of benzene rings is 1. The lowest BCUT2D eigenvalue weighted by Gasteiger charge is -2.03. The molecule has 4 N–H and O–H groups in total. The Morgan fingerprint density at radius 2 is 1.69 bits per heavy atom. The van der Waals surface area contributed by atoms with Crippen LogP contribution in [0.3, 0.4) is 0 Å². The van der Waals surface area contributed by atoms with Crippen LogP contribution < -0.4 is 0 Å². The van der Waals surface area contributed by atoms with Gasteiger partial charge in [0.25, 0.3) is 0 Å². The number of nitrogens with one attached hydrogen (secondary N) is 1. The first-order valence-electron chi connectivity index (χ1n) is 6.74. The lowest BCUT2D eigenvalue weighted by atomic mass is 10.0. The second-order valence-electron chi connectivity index (χ2n) is 4.36. The quantitative estimate of drug-likeness (QED) is 0.573. The largest absolute Gasteiger partial charge is 0.478 e. The summed E-state index contributed by atoms with van der Waals surface area (Å²) >= 11 is 0. The van der Waals surface area contributed by atoms with Crippen LogP contribution in [0.4, 0.5) is 0 Å². The van der Waals surface area contributed by atoms with E-state index in [0.717, 1.165) is 12.9 Å². The predicted octanol–water partition coefficient (Wildman–Crippen LogP) is 1.88. The molecule has 0 bridgehead atoms. The average molecular weight is 386 g/mol. The van der Waals surface area contributed by atoms with Crippen molar-refractivity contribution in [1.29, 1.82) is 0 Å². The fraction of sp³-hybridized carbons (Fsp3) is 0.133. The summed E-state index contributed by atoms with van der Waals surface area (Å²) < 4.78 is 29.7. The van der Waals surface area contributed by atoms with Crippen LogP contribution in [0, 0.1) is 6.92 Å². The molecule has 1 heterocycles. The van der Waals surface area contributed by atoms with E-state index in [1.165, 1.54) is 25.1 Å². The molecule has 2 rings (SSSR count). The number of imidazole rings is 1. The molecule has 0 spiro atoms. The Balaban J connectivity index is 0.000000405. The normalized spacial score (nSPS) is 9.81. The molecule has 26 heavy (non-hydrogen) atoms. The summed E-state index contributed by atoms with van der Waals surface area (Å²) in [6.45, 7) is 4.99. The van der Waals surface area contributed by atoms with Gasteiger partial charge in [0.2, 0.25) is 0 Å². The zero-order valence-corrected chi connectivity index (χ0v) is 14.7. The predicted molar refractivity (Wildman–Crippen MR) is 92.3 cm³/mol. The third-order valence-electron chi connectivity index (χ3n) is 2.72. The summed E-state index contributed by atoms with van der Waals surface area (Å²) in [6, 6.07) is 4.17. The van der Waals surface area contributed by atoms with Crippen molar-refractivity contribution in [1.82, 2.24) is 9.97 Å². The molecule has 1 aromatic carbocycles. The highest BCUT2D eigenvalue weighted by atomic mass is 32.3. The molecule has 0 saturated heterocycles. The SMILES string of the molecule is C=Cc1ncc[nH]1.COS(=O)(=O)O.Cc1c(C(=O)O)cccc1C(=O)O. The molecule has 0 atom stereocenters. The number of H-pyrrole nitrogens is 1. The number of hydrogen-bond donors (Lipinski definition) is 4. The Morgan fingerprint density at radius 1 is 1.23 bits per heavy atom. The lowest BCUT2D eigenvalue weighted by Crippen LogP contribution is -2.06. The monoisotopic (exact) mass is 386 g/mol. The number of rotatable bonds is 4. The molecule has 11 heteroatoms. The summed E-state index contributed by atoms with van der Waals surface area (Å²) in [5, 5.41) is 17.4. The molecule has 0 aliphatic rings. The molecule has 1 aromatic heterocycles. The van der Waals surface area contributed by atoms with Crippen molar-refractivity contribution in [2.24, 2.45) is 0 Å². The minimum absolute atomic E-state index is 0.0277. The molecule has 0 aliphatic heterocycles. The van der Waals surface area contributed by atoms with E-state index in [9.17, 15) is 18.0 Å². The van der Waals surface area contributed by atoms with Gasteiger partial charge in [0.15, 0.2) is 0 Å². The van der Waals surface area contributed by atoms with Gasteiger partial charge in [0, 0.05) is 12.4 Å².